The first-order valence-corrected chi connectivity index (χ1v) is 7.36. The Morgan fingerprint density at radius 1 is 1.10 bits per heavy atom. The first kappa shape index (κ1) is 12.2. The highest BCUT2D eigenvalue weighted by Crippen LogP contribution is 2.34. The smallest absolute Gasteiger partial charge is 0.257 e. The van der Waals surface area contributed by atoms with Crippen molar-refractivity contribution >= 4 is 33.0 Å². The van der Waals surface area contributed by atoms with Crippen LogP contribution in [-0.4, -0.2) is 12.7 Å². The maximum atomic E-state index is 12.4. The zero-order valence-electron chi connectivity index (χ0n) is 11.0. The highest BCUT2D eigenvalue weighted by molar-refractivity contribution is 7.17. The molecule has 21 heavy (non-hydrogen) atoms. The van der Waals surface area contributed by atoms with Crippen molar-refractivity contribution in [3.05, 3.63) is 53.4 Å². The van der Waals surface area contributed by atoms with Gasteiger partial charge in [0.1, 0.15) is 0 Å². The Labute approximate surface area is 124 Å². The molecule has 5 heteroatoms. The second kappa shape index (κ2) is 4.79. The third-order valence-electron chi connectivity index (χ3n) is 3.36. The van der Waals surface area contributed by atoms with Crippen LogP contribution < -0.4 is 14.8 Å². The highest BCUT2D eigenvalue weighted by atomic mass is 32.1. The van der Waals surface area contributed by atoms with Gasteiger partial charge in [-0.05, 0) is 18.2 Å². The fourth-order valence-corrected chi connectivity index (χ4v) is 3.27. The van der Waals surface area contributed by atoms with Crippen LogP contribution in [0.3, 0.4) is 0 Å². The number of hydrogen-bond acceptors (Lipinski definition) is 4. The molecule has 4 rings (SSSR count). The summed E-state index contributed by atoms with van der Waals surface area (Å²) in [7, 11) is 0. The van der Waals surface area contributed by atoms with E-state index < -0.39 is 0 Å². The van der Waals surface area contributed by atoms with Gasteiger partial charge in [-0.3, -0.25) is 4.79 Å². The van der Waals surface area contributed by atoms with Crippen molar-refractivity contribution in [1.82, 2.24) is 0 Å². The Kier molecular flexibility index (Phi) is 2.79. The summed E-state index contributed by atoms with van der Waals surface area (Å²) in [5.74, 6) is 1.24. The van der Waals surface area contributed by atoms with E-state index in [1.54, 1.807) is 29.5 Å². The number of fused-ring (bicyclic) bond motifs is 2. The minimum atomic E-state index is -0.119. The molecule has 1 aliphatic heterocycles. The number of carbonyl (C=O) groups is 1. The summed E-state index contributed by atoms with van der Waals surface area (Å²) >= 11 is 1.57. The molecule has 0 atom stereocenters. The van der Waals surface area contributed by atoms with E-state index in [4.69, 9.17) is 9.47 Å². The molecule has 0 spiro atoms. The van der Waals surface area contributed by atoms with Gasteiger partial charge >= 0.3 is 0 Å². The van der Waals surface area contributed by atoms with Gasteiger partial charge in [0.2, 0.25) is 6.79 Å². The predicted octanol–water partition coefficient (Wildman–Crippen LogP) is 3.88. The van der Waals surface area contributed by atoms with Gasteiger partial charge in [0, 0.05) is 27.2 Å². The predicted molar refractivity (Wildman–Crippen MR) is 82.3 cm³/mol. The number of benzene rings is 2. The average molecular weight is 297 g/mol. The van der Waals surface area contributed by atoms with E-state index in [2.05, 4.69) is 5.32 Å². The maximum absolute atomic E-state index is 12.4. The summed E-state index contributed by atoms with van der Waals surface area (Å²) in [6.07, 6.45) is 0. The van der Waals surface area contributed by atoms with Gasteiger partial charge in [-0.2, -0.15) is 0 Å². The normalized spacial score (nSPS) is 12.6. The molecule has 2 heterocycles. The fraction of sp³-hybridized carbons (Fsp3) is 0.0625. The molecule has 2 aromatic carbocycles. The number of anilines is 1. The molecule has 104 valence electrons. The summed E-state index contributed by atoms with van der Waals surface area (Å²) in [4.78, 5) is 12.4. The van der Waals surface area contributed by atoms with Crippen LogP contribution in [0.25, 0.3) is 10.1 Å². The molecule has 1 aromatic heterocycles. The minimum absolute atomic E-state index is 0.119. The quantitative estimate of drug-likeness (QED) is 0.781. The van der Waals surface area contributed by atoms with Crippen molar-refractivity contribution in [2.24, 2.45) is 0 Å². The van der Waals surface area contributed by atoms with E-state index in [0.29, 0.717) is 22.7 Å². The second-order valence-electron chi connectivity index (χ2n) is 4.67. The van der Waals surface area contributed by atoms with Gasteiger partial charge in [0.25, 0.3) is 5.91 Å². The topological polar surface area (TPSA) is 47.6 Å². The Balaban J connectivity index is 1.63. The zero-order valence-corrected chi connectivity index (χ0v) is 11.8. The number of rotatable bonds is 2. The lowest BCUT2D eigenvalue weighted by Gasteiger charge is -2.05. The number of ether oxygens (including phenoxy) is 2. The summed E-state index contributed by atoms with van der Waals surface area (Å²) in [5.41, 5.74) is 1.38. The van der Waals surface area contributed by atoms with Crippen molar-refractivity contribution in [2.75, 3.05) is 12.1 Å². The first-order valence-electron chi connectivity index (χ1n) is 6.48. The Bertz CT molecular complexity index is 840. The second-order valence-corrected chi connectivity index (χ2v) is 5.58. The summed E-state index contributed by atoms with van der Waals surface area (Å²) in [6.45, 7) is 0.224. The molecule has 0 radical (unpaired) electrons. The van der Waals surface area contributed by atoms with Crippen LogP contribution >= 0.6 is 11.3 Å². The Morgan fingerprint density at radius 3 is 2.90 bits per heavy atom. The van der Waals surface area contributed by atoms with Crippen LogP contribution in [0.5, 0.6) is 11.5 Å². The molecule has 1 amide bonds. The number of carbonyl (C=O) groups excluding carboxylic acids is 1. The third kappa shape index (κ3) is 2.11. The van der Waals surface area contributed by atoms with Gasteiger partial charge < -0.3 is 14.8 Å². The van der Waals surface area contributed by atoms with Crippen LogP contribution in [0.15, 0.2) is 47.8 Å². The third-order valence-corrected chi connectivity index (χ3v) is 4.32. The van der Waals surface area contributed by atoms with Crippen molar-refractivity contribution in [2.45, 2.75) is 0 Å². The summed E-state index contributed by atoms with van der Waals surface area (Å²) in [6, 6.07) is 13.3. The molecule has 1 N–H and O–H groups in total. The van der Waals surface area contributed by atoms with Crippen LogP contribution in [-0.2, 0) is 0 Å². The van der Waals surface area contributed by atoms with E-state index >= 15 is 0 Å². The lowest BCUT2D eigenvalue weighted by Crippen LogP contribution is -2.11. The number of amides is 1. The van der Waals surface area contributed by atoms with Crippen LogP contribution in [0.2, 0.25) is 0 Å². The number of thiophene rings is 1. The Hall–Kier alpha value is -2.53. The van der Waals surface area contributed by atoms with Crippen molar-refractivity contribution in [3.63, 3.8) is 0 Å². The summed E-state index contributed by atoms with van der Waals surface area (Å²) < 4.78 is 11.7. The monoisotopic (exact) mass is 297 g/mol. The van der Waals surface area contributed by atoms with Crippen LogP contribution in [0.1, 0.15) is 10.4 Å². The van der Waals surface area contributed by atoms with E-state index in [1.807, 2.05) is 29.6 Å². The molecule has 0 fully saturated rings. The van der Waals surface area contributed by atoms with Gasteiger partial charge in [-0.1, -0.05) is 18.2 Å². The largest absolute Gasteiger partial charge is 0.454 e. The van der Waals surface area contributed by atoms with Crippen LogP contribution in [0.4, 0.5) is 5.69 Å². The molecular weight excluding hydrogens is 286 g/mol. The van der Waals surface area contributed by atoms with E-state index in [-0.39, 0.29) is 12.7 Å². The van der Waals surface area contributed by atoms with Gasteiger partial charge in [0.05, 0.1) is 5.56 Å². The molecule has 0 bridgehead atoms. The van der Waals surface area contributed by atoms with Crippen molar-refractivity contribution in [1.29, 1.82) is 0 Å². The van der Waals surface area contributed by atoms with Gasteiger partial charge in [-0.25, -0.2) is 0 Å². The molecule has 4 nitrogen and oxygen atoms in total. The number of nitrogens with one attached hydrogen (secondary N) is 1. The standard InChI is InChI=1S/C16H11NO3S/c18-16(12-8-21-15-4-2-1-3-11(12)15)17-10-5-6-13-14(7-10)20-9-19-13/h1-8H,9H2,(H,17,18). The first-order chi connectivity index (χ1) is 10.3. The lowest BCUT2D eigenvalue weighted by atomic mass is 10.1. The molecule has 0 aliphatic carbocycles. The fourth-order valence-electron chi connectivity index (χ4n) is 2.33. The minimum Gasteiger partial charge on any atom is -0.454 e. The van der Waals surface area contributed by atoms with E-state index in [1.165, 1.54) is 0 Å². The summed E-state index contributed by atoms with van der Waals surface area (Å²) in [5, 5.41) is 5.75. The molecule has 0 saturated heterocycles. The highest BCUT2D eigenvalue weighted by Gasteiger charge is 2.16. The molecule has 3 aromatic rings. The van der Waals surface area contributed by atoms with Gasteiger partial charge in [-0.15, -0.1) is 11.3 Å². The zero-order chi connectivity index (χ0) is 14.2. The Morgan fingerprint density at radius 2 is 1.95 bits per heavy atom. The average Bonchev–Trinajstić information content (AvgIpc) is 3.13. The van der Waals surface area contributed by atoms with E-state index in [0.717, 1.165) is 10.1 Å². The number of hydrogen-bond donors (Lipinski definition) is 1. The maximum Gasteiger partial charge on any atom is 0.257 e. The van der Waals surface area contributed by atoms with E-state index in [9.17, 15) is 4.79 Å². The molecule has 0 saturated carbocycles. The lowest BCUT2D eigenvalue weighted by molar-refractivity contribution is 0.102. The van der Waals surface area contributed by atoms with Crippen LogP contribution in [0, 0.1) is 0 Å². The molecule has 1 aliphatic rings. The van der Waals surface area contributed by atoms with Crippen molar-refractivity contribution in [3.8, 4) is 11.5 Å². The van der Waals surface area contributed by atoms with Crippen molar-refractivity contribution < 1.29 is 14.3 Å². The van der Waals surface area contributed by atoms with Gasteiger partial charge in [0.15, 0.2) is 11.5 Å². The molecular formula is C16H11NO3S. The SMILES string of the molecule is O=C(Nc1ccc2c(c1)OCO2)c1csc2ccccc12. The molecule has 0 unspecified atom stereocenters.